The lowest BCUT2D eigenvalue weighted by Crippen LogP contribution is -2.28. The summed E-state index contributed by atoms with van der Waals surface area (Å²) in [6.45, 7) is 0. The molecule has 0 saturated heterocycles. The first-order valence-corrected chi connectivity index (χ1v) is 7.03. The molecule has 1 unspecified atom stereocenters. The molecule has 100 valence electrons. The van der Waals surface area contributed by atoms with E-state index in [4.69, 9.17) is 15.0 Å². The van der Waals surface area contributed by atoms with Gasteiger partial charge in [0.15, 0.2) is 4.67 Å². The zero-order valence-corrected chi connectivity index (χ0v) is 11.9. The molecule has 1 aliphatic rings. The highest BCUT2D eigenvalue weighted by Gasteiger charge is 2.24. The Morgan fingerprint density at radius 2 is 2.21 bits per heavy atom. The normalized spacial score (nSPS) is 16.3. The van der Waals surface area contributed by atoms with Gasteiger partial charge in [0.1, 0.15) is 5.75 Å². The van der Waals surface area contributed by atoms with Crippen molar-refractivity contribution in [2.75, 3.05) is 0 Å². The van der Waals surface area contributed by atoms with Crippen LogP contribution in [0.4, 0.5) is 0 Å². The predicted octanol–water partition coefficient (Wildman–Crippen LogP) is 3.14. The molecule has 0 spiro atoms. The minimum absolute atomic E-state index is 0.129. The molecular weight excluding hydrogens is 308 g/mol. The van der Waals surface area contributed by atoms with E-state index in [1.54, 1.807) is 6.26 Å². The number of hydrogen-bond acceptors (Lipinski definition) is 4. The second kappa shape index (κ2) is 5.36. The number of ether oxygens (including phenoxy) is 1. The van der Waals surface area contributed by atoms with E-state index in [0.29, 0.717) is 10.8 Å². The van der Waals surface area contributed by atoms with Gasteiger partial charge in [-0.1, -0.05) is 12.1 Å². The molecule has 0 amide bonds. The van der Waals surface area contributed by atoms with Crippen LogP contribution in [0.25, 0.3) is 0 Å². The smallest absolute Gasteiger partial charge is 0.174 e. The predicted molar refractivity (Wildman–Crippen MR) is 75.7 cm³/mol. The maximum Gasteiger partial charge on any atom is 0.174 e. The van der Waals surface area contributed by atoms with Crippen LogP contribution in [0.5, 0.6) is 5.75 Å². The van der Waals surface area contributed by atoms with Gasteiger partial charge in [-0.05, 0) is 52.5 Å². The van der Waals surface area contributed by atoms with Crippen molar-refractivity contribution in [3.8, 4) is 5.75 Å². The van der Waals surface area contributed by atoms with Gasteiger partial charge in [0.25, 0.3) is 0 Å². The van der Waals surface area contributed by atoms with Gasteiger partial charge in [-0.3, -0.25) is 5.84 Å². The van der Waals surface area contributed by atoms with Crippen LogP contribution in [0.15, 0.2) is 45.7 Å². The second-order valence-electron chi connectivity index (χ2n) is 4.64. The Kier molecular flexibility index (Phi) is 3.59. The van der Waals surface area contributed by atoms with Crippen molar-refractivity contribution < 1.29 is 9.15 Å². The van der Waals surface area contributed by atoms with E-state index in [1.165, 1.54) is 0 Å². The summed E-state index contributed by atoms with van der Waals surface area (Å²) in [7, 11) is 0. The summed E-state index contributed by atoms with van der Waals surface area (Å²) in [5, 5.41) is 0. The van der Waals surface area contributed by atoms with Crippen molar-refractivity contribution in [1.82, 2.24) is 5.43 Å². The molecule has 1 aromatic carbocycles. The Morgan fingerprint density at radius 3 is 2.84 bits per heavy atom. The molecule has 4 nitrogen and oxygen atoms in total. The number of hydrazine groups is 1. The summed E-state index contributed by atoms with van der Waals surface area (Å²) in [6.07, 6.45) is 4.32. The van der Waals surface area contributed by atoms with Crippen LogP contribution in [0.2, 0.25) is 0 Å². The lowest BCUT2D eigenvalue weighted by molar-refractivity contribution is 0.302. The Hall–Kier alpha value is -1.30. The fraction of sp³-hybridized carbons (Fsp3) is 0.286. The molecule has 1 heterocycles. The topological polar surface area (TPSA) is 60.4 Å². The van der Waals surface area contributed by atoms with Gasteiger partial charge in [-0.25, -0.2) is 5.43 Å². The highest BCUT2D eigenvalue weighted by atomic mass is 79.9. The molecular formula is C14H15BrN2O2. The van der Waals surface area contributed by atoms with Gasteiger partial charge in [0.2, 0.25) is 0 Å². The van der Waals surface area contributed by atoms with Crippen molar-refractivity contribution in [3.63, 3.8) is 0 Å². The van der Waals surface area contributed by atoms with Crippen molar-refractivity contribution in [2.24, 2.45) is 5.84 Å². The summed E-state index contributed by atoms with van der Waals surface area (Å²) in [5.41, 5.74) is 4.82. The molecule has 0 aliphatic heterocycles. The van der Waals surface area contributed by atoms with E-state index < -0.39 is 0 Å². The second-order valence-corrected chi connectivity index (χ2v) is 5.36. The van der Waals surface area contributed by atoms with Gasteiger partial charge < -0.3 is 9.15 Å². The van der Waals surface area contributed by atoms with E-state index >= 15 is 0 Å². The number of hydrogen-bond donors (Lipinski definition) is 2. The fourth-order valence-electron chi connectivity index (χ4n) is 2.02. The molecule has 5 heteroatoms. The minimum Gasteiger partial charge on any atom is -0.490 e. The minimum atomic E-state index is -0.129. The number of halogens is 1. The summed E-state index contributed by atoms with van der Waals surface area (Å²) in [4.78, 5) is 0. The quantitative estimate of drug-likeness (QED) is 0.655. The number of furan rings is 1. The molecule has 1 saturated carbocycles. The van der Waals surface area contributed by atoms with Crippen LogP contribution in [-0.2, 0) is 0 Å². The highest BCUT2D eigenvalue weighted by Crippen LogP contribution is 2.32. The van der Waals surface area contributed by atoms with E-state index in [1.807, 2.05) is 30.3 Å². The first-order valence-electron chi connectivity index (χ1n) is 6.23. The average molecular weight is 323 g/mol. The monoisotopic (exact) mass is 322 g/mol. The van der Waals surface area contributed by atoms with Crippen LogP contribution in [0.1, 0.15) is 30.0 Å². The molecule has 3 N–H and O–H groups in total. The summed E-state index contributed by atoms with van der Waals surface area (Å²) < 4.78 is 11.8. The maximum absolute atomic E-state index is 5.80. The van der Waals surface area contributed by atoms with Gasteiger partial charge >= 0.3 is 0 Å². The Morgan fingerprint density at radius 1 is 1.37 bits per heavy atom. The number of nitrogens with one attached hydrogen (secondary N) is 1. The van der Waals surface area contributed by atoms with Crippen LogP contribution >= 0.6 is 15.9 Å². The van der Waals surface area contributed by atoms with Crippen molar-refractivity contribution in [1.29, 1.82) is 0 Å². The maximum atomic E-state index is 5.80. The SMILES string of the molecule is NNC(c1cccc(OC2CC2)c1)c1ccoc1Br. The summed E-state index contributed by atoms with van der Waals surface area (Å²) in [6, 6.07) is 9.75. The van der Waals surface area contributed by atoms with Crippen LogP contribution in [0, 0.1) is 0 Å². The lowest BCUT2D eigenvalue weighted by atomic mass is 10.0. The van der Waals surface area contributed by atoms with Crippen LogP contribution < -0.4 is 16.0 Å². The van der Waals surface area contributed by atoms with Crippen molar-refractivity contribution in [2.45, 2.75) is 25.0 Å². The number of nitrogens with two attached hydrogens (primary N) is 1. The van der Waals surface area contributed by atoms with E-state index in [9.17, 15) is 0 Å². The van der Waals surface area contributed by atoms with Crippen molar-refractivity contribution >= 4 is 15.9 Å². The Labute approximate surface area is 120 Å². The van der Waals surface area contributed by atoms with Crippen molar-refractivity contribution in [3.05, 3.63) is 52.4 Å². The number of rotatable bonds is 5. The molecule has 1 fully saturated rings. The third-order valence-electron chi connectivity index (χ3n) is 3.14. The molecule has 2 aromatic rings. The molecule has 1 aliphatic carbocycles. The van der Waals surface area contributed by atoms with Crippen LogP contribution in [-0.4, -0.2) is 6.10 Å². The molecule has 0 radical (unpaired) electrons. The molecule has 3 rings (SSSR count). The number of benzene rings is 1. The fourth-order valence-corrected chi connectivity index (χ4v) is 2.49. The Balaban J connectivity index is 1.88. The van der Waals surface area contributed by atoms with E-state index in [2.05, 4.69) is 21.4 Å². The van der Waals surface area contributed by atoms with Gasteiger partial charge in [0.05, 0.1) is 18.4 Å². The van der Waals surface area contributed by atoms with Gasteiger partial charge in [-0.2, -0.15) is 0 Å². The summed E-state index contributed by atoms with van der Waals surface area (Å²) >= 11 is 3.38. The van der Waals surface area contributed by atoms with Gasteiger partial charge in [0, 0.05) is 5.56 Å². The molecule has 19 heavy (non-hydrogen) atoms. The average Bonchev–Trinajstić information content (AvgIpc) is 3.13. The summed E-state index contributed by atoms with van der Waals surface area (Å²) in [5.74, 6) is 6.56. The third kappa shape index (κ3) is 2.83. The molecule has 1 atom stereocenters. The first-order chi connectivity index (χ1) is 9.28. The molecule has 1 aromatic heterocycles. The lowest BCUT2D eigenvalue weighted by Gasteiger charge is -2.16. The van der Waals surface area contributed by atoms with E-state index in [0.717, 1.165) is 29.7 Å². The standard InChI is InChI=1S/C14H15BrN2O2/c15-14-12(6-7-18-14)13(17-16)9-2-1-3-11(8-9)19-10-4-5-10/h1-3,6-8,10,13,17H,4-5,16H2. The zero-order chi connectivity index (χ0) is 13.2. The molecule has 0 bridgehead atoms. The zero-order valence-electron chi connectivity index (χ0n) is 10.3. The van der Waals surface area contributed by atoms with Crippen LogP contribution in [0.3, 0.4) is 0 Å². The third-order valence-corrected chi connectivity index (χ3v) is 3.79. The van der Waals surface area contributed by atoms with E-state index in [-0.39, 0.29) is 6.04 Å². The highest BCUT2D eigenvalue weighted by molar-refractivity contribution is 9.10. The van der Waals surface area contributed by atoms with Gasteiger partial charge in [-0.15, -0.1) is 0 Å². The first kappa shape index (κ1) is 12.7. The largest absolute Gasteiger partial charge is 0.490 e. The Bertz CT molecular complexity index is 566.